The normalized spacial score (nSPS) is 12.5. The second-order valence-electron chi connectivity index (χ2n) is 19.0. The molecule has 0 unspecified atom stereocenters. The molecular weight excluding hydrogens is 847 g/mol. The Morgan fingerprint density at radius 2 is 0.771 bits per heavy atom. The number of fused-ring (bicyclic) bond motifs is 8. The van der Waals surface area contributed by atoms with Crippen LogP contribution in [-0.2, 0) is 5.41 Å². The Morgan fingerprint density at radius 3 is 1.43 bits per heavy atom. The van der Waals surface area contributed by atoms with Crippen molar-refractivity contribution in [2.45, 2.75) is 19.3 Å². The molecule has 12 aromatic rings. The van der Waals surface area contributed by atoms with E-state index in [0.717, 1.165) is 39.8 Å². The third-order valence-electron chi connectivity index (χ3n) is 14.6. The fourth-order valence-electron chi connectivity index (χ4n) is 11.1. The first kappa shape index (κ1) is 41.3. The summed E-state index contributed by atoms with van der Waals surface area (Å²) < 4.78 is 2.40. The Labute approximate surface area is 409 Å². The van der Waals surface area contributed by atoms with E-state index < -0.39 is 0 Å². The number of nitrogens with zero attached hydrogens (tertiary/aromatic N) is 3. The lowest BCUT2D eigenvalue weighted by atomic mass is 9.82. The molecule has 332 valence electrons. The maximum atomic E-state index is 2.41. The van der Waals surface area contributed by atoms with Crippen molar-refractivity contribution in [2.24, 2.45) is 0 Å². The van der Waals surface area contributed by atoms with Crippen LogP contribution in [0.25, 0.3) is 71.6 Å². The van der Waals surface area contributed by atoms with Gasteiger partial charge in [0.2, 0.25) is 0 Å². The minimum absolute atomic E-state index is 0.124. The van der Waals surface area contributed by atoms with Gasteiger partial charge in [0.25, 0.3) is 0 Å². The number of benzene rings is 11. The van der Waals surface area contributed by atoms with Gasteiger partial charge in [-0.1, -0.05) is 172 Å². The molecule has 1 aromatic heterocycles. The summed E-state index contributed by atoms with van der Waals surface area (Å²) in [7, 11) is 0. The SMILES string of the molecule is CC1(C)c2ccccc2-c2ccc(N(c3ccc(-c4ccc(-c5ccc6c(c5)c5c7ccccc7ccc5n6-c5ccccc5)cc4)cc3)c3ccc(N(c4ccccc4)c4ccccc4)cc3)cc21. The van der Waals surface area contributed by atoms with Gasteiger partial charge in [0.15, 0.2) is 0 Å². The first-order chi connectivity index (χ1) is 34.5. The molecule has 1 heterocycles. The molecule has 13 rings (SSSR count). The predicted octanol–water partition coefficient (Wildman–Crippen LogP) is 18.5. The standard InChI is InChI=1S/C67H49N3/c1-67(2)62-25-15-14-24-59(62)60-41-40-57(45-63(60)67)69(56-38-36-55(37-39-56)68(51-17-6-3-7-18-51)52-19-8-4-9-20-52)54-34-30-47(31-35-54)46-26-28-48(29-27-46)50-33-42-64-61(44-50)66-58-23-13-12-16-49(58)32-43-65(66)70(64)53-21-10-5-11-22-53/h3-45H,1-2H3. The first-order valence-corrected chi connectivity index (χ1v) is 24.3. The fourth-order valence-corrected chi connectivity index (χ4v) is 11.1. The number of hydrogen-bond acceptors (Lipinski definition) is 2. The molecule has 0 bridgehead atoms. The third kappa shape index (κ3) is 6.89. The molecule has 0 spiro atoms. The number of hydrogen-bond donors (Lipinski definition) is 0. The van der Waals surface area contributed by atoms with Crippen molar-refractivity contribution in [3.8, 4) is 39.1 Å². The lowest BCUT2D eigenvalue weighted by Gasteiger charge is -2.29. The average Bonchev–Trinajstić information content (AvgIpc) is 3.88. The summed E-state index contributed by atoms with van der Waals surface area (Å²) in [5.74, 6) is 0. The second-order valence-corrected chi connectivity index (χ2v) is 19.0. The van der Waals surface area contributed by atoms with Gasteiger partial charge < -0.3 is 14.4 Å². The van der Waals surface area contributed by atoms with E-state index in [1.165, 1.54) is 77.1 Å². The molecule has 0 aliphatic heterocycles. The molecular formula is C67H49N3. The largest absolute Gasteiger partial charge is 0.311 e. The van der Waals surface area contributed by atoms with Gasteiger partial charge in [-0.05, 0) is 158 Å². The highest BCUT2D eigenvalue weighted by Crippen LogP contribution is 2.51. The maximum Gasteiger partial charge on any atom is 0.0547 e. The molecule has 0 fully saturated rings. The van der Waals surface area contributed by atoms with Gasteiger partial charge in [-0.3, -0.25) is 0 Å². The van der Waals surface area contributed by atoms with Crippen LogP contribution in [0.5, 0.6) is 0 Å². The third-order valence-corrected chi connectivity index (χ3v) is 14.6. The highest BCUT2D eigenvalue weighted by molar-refractivity contribution is 6.22. The minimum atomic E-state index is -0.124. The Hall–Kier alpha value is -8.92. The Morgan fingerprint density at radius 1 is 0.314 bits per heavy atom. The van der Waals surface area contributed by atoms with Crippen LogP contribution < -0.4 is 9.80 Å². The van der Waals surface area contributed by atoms with Crippen LogP contribution in [0.4, 0.5) is 34.1 Å². The van der Waals surface area contributed by atoms with Crippen molar-refractivity contribution in [1.82, 2.24) is 4.57 Å². The zero-order chi connectivity index (χ0) is 46.8. The fraction of sp³-hybridized carbons (Fsp3) is 0.0448. The predicted molar refractivity (Wildman–Crippen MR) is 296 cm³/mol. The van der Waals surface area contributed by atoms with Crippen molar-refractivity contribution >= 4 is 66.7 Å². The summed E-state index contributed by atoms with van der Waals surface area (Å²) in [4.78, 5) is 4.72. The Kier molecular flexibility index (Phi) is 9.85. The van der Waals surface area contributed by atoms with Crippen LogP contribution >= 0.6 is 0 Å². The van der Waals surface area contributed by atoms with Gasteiger partial charge in [-0.2, -0.15) is 0 Å². The van der Waals surface area contributed by atoms with E-state index in [1.807, 2.05) is 0 Å². The van der Waals surface area contributed by atoms with E-state index in [-0.39, 0.29) is 5.41 Å². The topological polar surface area (TPSA) is 11.4 Å². The lowest BCUT2D eigenvalue weighted by molar-refractivity contribution is 0.660. The zero-order valence-corrected chi connectivity index (χ0v) is 39.2. The van der Waals surface area contributed by atoms with Crippen molar-refractivity contribution in [1.29, 1.82) is 0 Å². The first-order valence-electron chi connectivity index (χ1n) is 24.3. The molecule has 3 heteroatoms. The molecule has 11 aromatic carbocycles. The quantitative estimate of drug-likeness (QED) is 0.143. The summed E-state index contributed by atoms with van der Waals surface area (Å²) in [5.41, 5.74) is 20.2. The number of anilines is 6. The molecule has 3 nitrogen and oxygen atoms in total. The van der Waals surface area contributed by atoms with E-state index in [1.54, 1.807) is 0 Å². The van der Waals surface area contributed by atoms with Crippen LogP contribution in [0.3, 0.4) is 0 Å². The maximum absolute atomic E-state index is 2.41. The van der Waals surface area contributed by atoms with E-state index in [9.17, 15) is 0 Å². The molecule has 1 aliphatic carbocycles. The van der Waals surface area contributed by atoms with Crippen LogP contribution in [0.2, 0.25) is 0 Å². The summed E-state index contributed by atoms with van der Waals surface area (Å²) in [5, 5.41) is 5.07. The molecule has 0 N–H and O–H groups in total. The van der Waals surface area contributed by atoms with Gasteiger partial charge in [-0.15, -0.1) is 0 Å². The van der Waals surface area contributed by atoms with Crippen LogP contribution in [-0.4, -0.2) is 4.57 Å². The Bertz CT molecular complexity index is 3830. The molecule has 0 radical (unpaired) electrons. The van der Waals surface area contributed by atoms with Gasteiger partial charge in [-0.25, -0.2) is 0 Å². The molecule has 1 aliphatic rings. The molecule has 0 saturated heterocycles. The molecule has 0 saturated carbocycles. The molecule has 0 atom stereocenters. The zero-order valence-electron chi connectivity index (χ0n) is 39.2. The van der Waals surface area contributed by atoms with Gasteiger partial charge in [0.05, 0.1) is 11.0 Å². The monoisotopic (exact) mass is 895 g/mol. The smallest absolute Gasteiger partial charge is 0.0547 e. The van der Waals surface area contributed by atoms with Crippen LogP contribution in [0.1, 0.15) is 25.0 Å². The van der Waals surface area contributed by atoms with E-state index in [0.29, 0.717) is 0 Å². The Balaban J connectivity index is 0.861. The van der Waals surface area contributed by atoms with Crippen molar-refractivity contribution in [3.05, 3.63) is 272 Å². The van der Waals surface area contributed by atoms with Crippen molar-refractivity contribution in [3.63, 3.8) is 0 Å². The van der Waals surface area contributed by atoms with Crippen LogP contribution in [0.15, 0.2) is 261 Å². The lowest BCUT2D eigenvalue weighted by Crippen LogP contribution is -2.16. The van der Waals surface area contributed by atoms with Gasteiger partial charge in [0, 0.05) is 56.0 Å². The summed E-state index contributed by atoms with van der Waals surface area (Å²) in [6.45, 7) is 4.71. The van der Waals surface area contributed by atoms with E-state index in [4.69, 9.17) is 0 Å². The minimum Gasteiger partial charge on any atom is -0.311 e. The summed E-state index contributed by atoms with van der Waals surface area (Å²) >= 11 is 0. The highest BCUT2D eigenvalue weighted by Gasteiger charge is 2.35. The summed E-state index contributed by atoms with van der Waals surface area (Å²) in [6, 6.07) is 95.1. The van der Waals surface area contributed by atoms with E-state index >= 15 is 0 Å². The van der Waals surface area contributed by atoms with E-state index in [2.05, 4.69) is 289 Å². The second kappa shape index (κ2) is 16.7. The van der Waals surface area contributed by atoms with Gasteiger partial charge in [0.1, 0.15) is 0 Å². The summed E-state index contributed by atoms with van der Waals surface area (Å²) in [6.07, 6.45) is 0. The van der Waals surface area contributed by atoms with Crippen molar-refractivity contribution in [2.75, 3.05) is 9.80 Å². The van der Waals surface area contributed by atoms with Crippen LogP contribution in [0, 0.1) is 0 Å². The number of aromatic nitrogens is 1. The average molecular weight is 896 g/mol. The molecule has 70 heavy (non-hydrogen) atoms. The number of rotatable bonds is 9. The van der Waals surface area contributed by atoms with Crippen molar-refractivity contribution < 1.29 is 0 Å². The highest BCUT2D eigenvalue weighted by atomic mass is 15.2. The van der Waals surface area contributed by atoms with Gasteiger partial charge >= 0.3 is 0 Å². The number of para-hydroxylation sites is 3. The molecule has 0 amide bonds.